The number of allylic oxidation sites excluding steroid dienone is 1. The minimum Gasteiger partial charge on any atom is -0.460 e. The quantitative estimate of drug-likeness (QED) is 0.217. The van der Waals surface area contributed by atoms with E-state index in [9.17, 15) is 0 Å². The van der Waals surface area contributed by atoms with Gasteiger partial charge in [0.25, 0.3) is 0 Å². The molecule has 3 heteroatoms. The van der Waals surface area contributed by atoms with Crippen molar-refractivity contribution >= 4 is 62.8 Å². The molecule has 0 aliphatic heterocycles. The summed E-state index contributed by atoms with van der Waals surface area (Å²) in [6.07, 6.45) is 6.47. The number of hydrogen-bond acceptors (Lipinski definition) is 2. The third-order valence-corrected chi connectivity index (χ3v) is 10.1. The maximum atomic E-state index is 6.30. The van der Waals surface area contributed by atoms with Crippen LogP contribution in [0.15, 0.2) is 130 Å². The Kier molecular flexibility index (Phi) is 5.28. The van der Waals surface area contributed by atoms with Gasteiger partial charge in [-0.25, -0.2) is 0 Å². The van der Waals surface area contributed by atoms with Gasteiger partial charge < -0.3 is 8.83 Å². The van der Waals surface area contributed by atoms with Gasteiger partial charge in [0.15, 0.2) is 0 Å². The third-order valence-electron chi connectivity index (χ3n) is 7.70. The summed E-state index contributed by atoms with van der Waals surface area (Å²) >= 11 is 0. The fourth-order valence-corrected chi connectivity index (χ4v) is 8.13. The summed E-state index contributed by atoms with van der Waals surface area (Å²) in [6.45, 7) is 0. The molecule has 0 bridgehead atoms. The first kappa shape index (κ1) is 22.6. The van der Waals surface area contributed by atoms with E-state index in [1.807, 2.05) is 0 Å². The van der Waals surface area contributed by atoms with E-state index < -0.39 is 7.92 Å². The van der Waals surface area contributed by atoms with Crippen LogP contribution < -0.4 is 15.9 Å². The zero-order valence-corrected chi connectivity index (χ0v) is 22.2. The smallest absolute Gasteiger partial charge is 0.135 e. The molecule has 0 unspecified atom stereocenters. The van der Waals surface area contributed by atoms with E-state index in [0.717, 1.165) is 46.1 Å². The van der Waals surface area contributed by atoms with E-state index in [2.05, 4.69) is 127 Å². The second-order valence-electron chi connectivity index (χ2n) is 10.1. The molecule has 2 aromatic heterocycles. The number of fused-ring (bicyclic) bond motifs is 6. The Bertz CT molecular complexity index is 1970. The van der Waals surface area contributed by atoms with Crippen molar-refractivity contribution in [3.05, 3.63) is 133 Å². The molecule has 1 aliphatic carbocycles. The summed E-state index contributed by atoms with van der Waals surface area (Å²) in [7, 11) is -0.685. The van der Waals surface area contributed by atoms with Crippen molar-refractivity contribution in [2.75, 3.05) is 0 Å². The van der Waals surface area contributed by atoms with E-state index in [-0.39, 0.29) is 0 Å². The van der Waals surface area contributed by atoms with Crippen LogP contribution in [0.3, 0.4) is 0 Å². The number of rotatable bonds is 4. The monoisotopic (exact) mass is 520 g/mol. The summed E-state index contributed by atoms with van der Waals surface area (Å²) in [5.74, 6) is 1.10. The molecule has 186 valence electrons. The standard InChI is InChI=1S/C36H25O2P/c1-3-9-26(10-4-1)39(27-11-5-2-6-12-27)28-17-20-36-32(23-28)31-22-25(16-19-35(31)38-36)24-15-18-34-30(21-24)29-13-7-8-14-33(29)37-34/h1-7,9-13,15-23H,8,14H2. The van der Waals surface area contributed by atoms with Gasteiger partial charge in [-0.1, -0.05) is 91.0 Å². The maximum absolute atomic E-state index is 6.30. The molecular weight excluding hydrogens is 495 g/mol. The summed E-state index contributed by atoms with van der Waals surface area (Å²) < 4.78 is 12.4. The lowest BCUT2D eigenvalue weighted by atomic mass is 9.98. The molecule has 2 heterocycles. The van der Waals surface area contributed by atoms with E-state index in [4.69, 9.17) is 8.83 Å². The van der Waals surface area contributed by atoms with Gasteiger partial charge in [-0.15, -0.1) is 0 Å². The van der Waals surface area contributed by atoms with Crippen LogP contribution in [0.4, 0.5) is 0 Å². The lowest BCUT2D eigenvalue weighted by Gasteiger charge is -2.19. The Morgan fingerprint density at radius 2 is 1.10 bits per heavy atom. The number of benzene rings is 5. The SMILES string of the molecule is C1=Cc2c(oc3ccc(-c4ccc5oc6ccc(P(c7ccccc7)c7ccccc7)cc6c5c4)cc23)CC1. The second kappa shape index (κ2) is 9.12. The second-order valence-corrected chi connectivity index (χ2v) is 12.3. The van der Waals surface area contributed by atoms with Gasteiger partial charge in [0, 0.05) is 28.1 Å². The minimum atomic E-state index is -0.685. The molecule has 8 rings (SSSR count). The molecule has 5 aromatic carbocycles. The largest absolute Gasteiger partial charge is 0.460 e. The van der Waals surface area contributed by atoms with Gasteiger partial charge in [-0.05, 0) is 77.8 Å². The molecule has 0 amide bonds. The maximum Gasteiger partial charge on any atom is 0.135 e. The highest BCUT2D eigenvalue weighted by Crippen LogP contribution is 2.38. The van der Waals surface area contributed by atoms with Gasteiger partial charge in [0.2, 0.25) is 0 Å². The highest BCUT2D eigenvalue weighted by Gasteiger charge is 2.19. The summed E-state index contributed by atoms with van der Waals surface area (Å²) in [5.41, 5.74) is 6.40. The topological polar surface area (TPSA) is 26.3 Å². The van der Waals surface area contributed by atoms with E-state index >= 15 is 0 Å². The van der Waals surface area contributed by atoms with Crippen molar-refractivity contribution in [3.8, 4) is 11.1 Å². The van der Waals surface area contributed by atoms with Crippen LogP contribution >= 0.6 is 7.92 Å². The Morgan fingerprint density at radius 1 is 0.513 bits per heavy atom. The fourth-order valence-electron chi connectivity index (χ4n) is 5.82. The highest BCUT2D eigenvalue weighted by molar-refractivity contribution is 7.79. The van der Waals surface area contributed by atoms with Crippen molar-refractivity contribution < 1.29 is 8.83 Å². The van der Waals surface area contributed by atoms with E-state index in [1.165, 1.54) is 38.0 Å². The van der Waals surface area contributed by atoms with Gasteiger partial charge in [0.05, 0.1) is 0 Å². The molecular formula is C36H25O2P. The van der Waals surface area contributed by atoms with Crippen LogP contribution in [-0.4, -0.2) is 0 Å². The van der Waals surface area contributed by atoms with Crippen molar-refractivity contribution in [1.82, 2.24) is 0 Å². The van der Waals surface area contributed by atoms with Gasteiger partial charge >= 0.3 is 0 Å². The van der Waals surface area contributed by atoms with Crippen molar-refractivity contribution in [2.24, 2.45) is 0 Å². The number of hydrogen-bond donors (Lipinski definition) is 0. The first-order valence-corrected chi connectivity index (χ1v) is 14.7. The molecule has 7 aromatic rings. The Labute approximate surface area is 228 Å². The summed E-state index contributed by atoms with van der Waals surface area (Å²) in [5, 5.41) is 7.51. The molecule has 0 saturated heterocycles. The summed E-state index contributed by atoms with van der Waals surface area (Å²) in [6, 6.07) is 41.5. The Balaban J connectivity index is 1.28. The van der Waals surface area contributed by atoms with Crippen molar-refractivity contribution in [2.45, 2.75) is 12.8 Å². The predicted molar refractivity (Wildman–Crippen MR) is 165 cm³/mol. The average Bonchev–Trinajstić information content (AvgIpc) is 3.55. The Morgan fingerprint density at radius 3 is 1.79 bits per heavy atom. The highest BCUT2D eigenvalue weighted by atomic mass is 31.1. The van der Waals surface area contributed by atoms with E-state index in [0.29, 0.717) is 0 Å². The van der Waals surface area contributed by atoms with Crippen molar-refractivity contribution in [1.29, 1.82) is 0 Å². The van der Waals surface area contributed by atoms with Gasteiger partial charge in [-0.3, -0.25) is 0 Å². The lowest BCUT2D eigenvalue weighted by molar-refractivity contribution is 0.546. The van der Waals surface area contributed by atoms with Crippen LogP contribution in [-0.2, 0) is 6.42 Å². The fraction of sp³-hybridized carbons (Fsp3) is 0.0556. The lowest BCUT2D eigenvalue weighted by Crippen LogP contribution is -2.20. The summed E-state index contributed by atoms with van der Waals surface area (Å²) in [4.78, 5) is 0. The van der Waals surface area contributed by atoms with Crippen LogP contribution in [0.5, 0.6) is 0 Å². The molecule has 0 fully saturated rings. The normalized spacial score (nSPS) is 13.1. The third kappa shape index (κ3) is 3.83. The molecule has 1 aliphatic rings. The first-order valence-electron chi connectivity index (χ1n) is 13.4. The van der Waals surface area contributed by atoms with E-state index in [1.54, 1.807) is 0 Å². The van der Waals surface area contributed by atoms with Gasteiger partial charge in [0.1, 0.15) is 22.5 Å². The molecule has 39 heavy (non-hydrogen) atoms. The van der Waals surface area contributed by atoms with Crippen LogP contribution in [0, 0.1) is 0 Å². The first-order chi connectivity index (χ1) is 19.3. The molecule has 0 atom stereocenters. The van der Waals surface area contributed by atoms with Crippen LogP contribution in [0.2, 0.25) is 0 Å². The Hall–Kier alpha value is -4.39. The molecule has 2 nitrogen and oxygen atoms in total. The minimum absolute atomic E-state index is 0.685. The van der Waals surface area contributed by atoms with Crippen molar-refractivity contribution in [3.63, 3.8) is 0 Å². The number of furan rings is 2. The predicted octanol–water partition coefficient (Wildman–Crippen LogP) is 8.72. The average molecular weight is 521 g/mol. The van der Waals surface area contributed by atoms with Crippen LogP contribution in [0.1, 0.15) is 17.7 Å². The van der Waals surface area contributed by atoms with Crippen LogP contribution in [0.25, 0.3) is 50.1 Å². The molecule has 0 N–H and O–H groups in total. The molecule has 0 saturated carbocycles. The molecule has 0 spiro atoms. The molecule has 0 radical (unpaired) electrons. The van der Waals surface area contributed by atoms with Gasteiger partial charge in [-0.2, -0.15) is 0 Å². The number of aryl methyl sites for hydroxylation is 1. The zero-order chi connectivity index (χ0) is 25.8. The zero-order valence-electron chi connectivity index (χ0n) is 21.3.